The highest BCUT2D eigenvalue weighted by atomic mass is 16.5. The largest absolute Gasteiger partial charge is 0.396 e. The third kappa shape index (κ3) is 2.33. The van der Waals surface area contributed by atoms with Crippen molar-refractivity contribution in [1.82, 2.24) is 10.1 Å². The van der Waals surface area contributed by atoms with Crippen molar-refractivity contribution in [3.05, 3.63) is 18.0 Å². The zero-order chi connectivity index (χ0) is 9.80. The van der Waals surface area contributed by atoms with Crippen LogP contribution < -0.4 is 0 Å². The molecule has 0 spiro atoms. The van der Waals surface area contributed by atoms with Crippen LogP contribution in [0.25, 0.3) is 0 Å². The van der Waals surface area contributed by atoms with Crippen molar-refractivity contribution in [2.45, 2.75) is 19.4 Å². The summed E-state index contributed by atoms with van der Waals surface area (Å²) in [5.41, 5.74) is 0. The monoisotopic (exact) mass is 196 g/mol. The molecule has 1 unspecified atom stereocenters. The van der Waals surface area contributed by atoms with Crippen molar-refractivity contribution in [2.24, 2.45) is 5.92 Å². The molecule has 1 aromatic heterocycles. The molecule has 1 saturated heterocycles. The first kappa shape index (κ1) is 9.68. The number of rotatable bonds is 4. The van der Waals surface area contributed by atoms with Crippen molar-refractivity contribution in [2.75, 3.05) is 19.7 Å². The highest BCUT2D eigenvalue weighted by Crippen LogP contribution is 2.20. The van der Waals surface area contributed by atoms with Crippen molar-refractivity contribution in [3.8, 4) is 0 Å². The Morgan fingerprint density at radius 1 is 1.64 bits per heavy atom. The highest BCUT2D eigenvalue weighted by molar-refractivity contribution is 4.93. The summed E-state index contributed by atoms with van der Waals surface area (Å²) in [7, 11) is 0. The minimum absolute atomic E-state index is 0.306. The van der Waals surface area contributed by atoms with Crippen LogP contribution in [-0.4, -0.2) is 34.9 Å². The molecule has 2 rings (SSSR count). The Hall–Kier alpha value is -0.870. The first-order valence-electron chi connectivity index (χ1n) is 5.11. The van der Waals surface area contributed by atoms with Crippen LogP contribution in [0.15, 0.2) is 16.8 Å². The molecule has 0 amide bonds. The van der Waals surface area contributed by atoms with Crippen LogP contribution in [0.2, 0.25) is 0 Å². The van der Waals surface area contributed by atoms with Gasteiger partial charge in [-0.1, -0.05) is 5.16 Å². The molecule has 1 aromatic rings. The first-order valence-corrected chi connectivity index (χ1v) is 5.11. The number of aliphatic hydroxyl groups excluding tert-OH is 1. The minimum atomic E-state index is 0.306. The fraction of sp³-hybridized carbons (Fsp3) is 0.700. The molecule has 14 heavy (non-hydrogen) atoms. The van der Waals surface area contributed by atoms with Crippen LogP contribution in [0, 0.1) is 5.92 Å². The molecule has 1 aliphatic rings. The van der Waals surface area contributed by atoms with E-state index >= 15 is 0 Å². The van der Waals surface area contributed by atoms with Gasteiger partial charge in [-0.05, 0) is 25.3 Å². The van der Waals surface area contributed by atoms with E-state index in [9.17, 15) is 0 Å². The van der Waals surface area contributed by atoms with E-state index in [2.05, 4.69) is 10.1 Å². The van der Waals surface area contributed by atoms with E-state index in [4.69, 9.17) is 9.63 Å². The Kier molecular flexibility index (Phi) is 3.16. The van der Waals surface area contributed by atoms with Gasteiger partial charge in [-0.25, -0.2) is 0 Å². The van der Waals surface area contributed by atoms with Crippen LogP contribution in [0.4, 0.5) is 0 Å². The lowest BCUT2D eigenvalue weighted by molar-refractivity contribution is 0.239. The summed E-state index contributed by atoms with van der Waals surface area (Å²) in [6.45, 7) is 3.33. The zero-order valence-corrected chi connectivity index (χ0v) is 8.22. The molecule has 0 radical (unpaired) electrons. The normalized spacial score (nSPS) is 23.1. The number of hydrogen-bond donors (Lipinski definition) is 1. The summed E-state index contributed by atoms with van der Waals surface area (Å²) in [4.78, 5) is 2.35. The Balaban J connectivity index is 1.79. The minimum Gasteiger partial charge on any atom is -0.396 e. The van der Waals surface area contributed by atoms with Gasteiger partial charge in [0.2, 0.25) is 0 Å². The van der Waals surface area contributed by atoms with Gasteiger partial charge in [0.15, 0.2) is 5.76 Å². The Bertz CT molecular complexity index is 261. The van der Waals surface area contributed by atoms with Crippen molar-refractivity contribution in [3.63, 3.8) is 0 Å². The average molecular weight is 196 g/mol. The third-order valence-corrected chi connectivity index (χ3v) is 2.78. The van der Waals surface area contributed by atoms with E-state index in [0.717, 1.165) is 31.8 Å². The molecule has 0 aromatic carbocycles. The smallest absolute Gasteiger partial charge is 0.150 e. The van der Waals surface area contributed by atoms with Gasteiger partial charge in [0, 0.05) is 19.2 Å². The van der Waals surface area contributed by atoms with Crippen molar-refractivity contribution >= 4 is 0 Å². The van der Waals surface area contributed by atoms with E-state index in [1.165, 1.54) is 6.42 Å². The van der Waals surface area contributed by atoms with E-state index in [0.29, 0.717) is 12.5 Å². The molecule has 4 heteroatoms. The van der Waals surface area contributed by atoms with Crippen LogP contribution in [0.1, 0.15) is 18.6 Å². The van der Waals surface area contributed by atoms with Gasteiger partial charge < -0.3 is 9.63 Å². The zero-order valence-electron chi connectivity index (χ0n) is 8.22. The van der Waals surface area contributed by atoms with E-state index < -0.39 is 0 Å². The quantitative estimate of drug-likeness (QED) is 0.776. The van der Waals surface area contributed by atoms with Gasteiger partial charge in [-0.3, -0.25) is 4.90 Å². The molecular formula is C10H16N2O2. The lowest BCUT2D eigenvalue weighted by Crippen LogP contribution is -2.20. The summed E-state index contributed by atoms with van der Waals surface area (Å²) in [5, 5.41) is 12.5. The molecule has 1 N–H and O–H groups in total. The number of aliphatic hydroxyl groups is 1. The van der Waals surface area contributed by atoms with Crippen LogP contribution in [0.5, 0.6) is 0 Å². The van der Waals surface area contributed by atoms with Crippen LogP contribution in [-0.2, 0) is 6.54 Å². The fourth-order valence-electron chi connectivity index (χ4n) is 2.02. The second kappa shape index (κ2) is 4.57. The summed E-state index contributed by atoms with van der Waals surface area (Å²) in [6.07, 6.45) is 3.79. The van der Waals surface area contributed by atoms with Gasteiger partial charge in [-0.2, -0.15) is 0 Å². The number of likely N-dealkylation sites (tertiary alicyclic amines) is 1. The predicted molar refractivity (Wildman–Crippen MR) is 51.6 cm³/mol. The molecule has 0 aliphatic carbocycles. The van der Waals surface area contributed by atoms with Crippen molar-refractivity contribution in [1.29, 1.82) is 0 Å². The summed E-state index contributed by atoms with van der Waals surface area (Å²) in [6, 6.07) is 1.90. The van der Waals surface area contributed by atoms with Crippen LogP contribution >= 0.6 is 0 Å². The molecule has 2 heterocycles. The van der Waals surface area contributed by atoms with E-state index in [1.54, 1.807) is 6.20 Å². The summed E-state index contributed by atoms with van der Waals surface area (Å²) in [5.74, 6) is 1.58. The number of nitrogens with zero attached hydrogens (tertiary/aromatic N) is 2. The molecule has 0 bridgehead atoms. The lowest BCUT2D eigenvalue weighted by atomic mass is 10.1. The highest BCUT2D eigenvalue weighted by Gasteiger charge is 2.22. The fourth-order valence-corrected chi connectivity index (χ4v) is 2.02. The standard InChI is InChI=1S/C10H16N2O2/c13-6-3-9-2-5-12(7-9)8-10-1-4-11-14-10/h1,4,9,13H,2-3,5-8H2. The molecular weight excluding hydrogens is 180 g/mol. The maximum absolute atomic E-state index is 8.82. The number of hydrogen-bond acceptors (Lipinski definition) is 4. The second-order valence-corrected chi connectivity index (χ2v) is 3.88. The Morgan fingerprint density at radius 2 is 2.57 bits per heavy atom. The molecule has 1 atom stereocenters. The maximum Gasteiger partial charge on any atom is 0.150 e. The van der Waals surface area contributed by atoms with Crippen molar-refractivity contribution < 1.29 is 9.63 Å². The summed E-state index contributed by atoms with van der Waals surface area (Å²) >= 11 is 0. The Labute approximate surface area is 83.5 Å². The van der Waals surface area contributed by atoms with Gasteiger partial charge >= 0.3 is 0 Å². The average Bonchev–Trinajstić information content (AvgIpc) is 2.79. The van der Waals surface area contributed by atoms with Gasteiger partial charge in [0.1, 0.15) is 0 Å². The topological polar surface area (TPSA) is 49.5 Å². The lowest BCUT2D eigenvalue weighted by Gasteiger charge is -2.13. The van der Waals surface area contributed by atoms with Gasteiger partial charge in [-0.15, -0.1) is 0 Å². The third-order valence-electron chi connectivity index (χ3n) is 2.78. The molecule has 1 aliphatic heterocycles. The first-order chi connectivity index (χ1) is 6.88. The van der Waals surface area contributed by atoms with E-state index in [-0.39, 0.29) is 0 Å². The predicted octanol–water partition coefficient (Wildman–Crippen LogP) is 0.879. The summed E-state index contributed by atoms with van der Waals surface area (Å²) < 4.78 is 5.05. The molecule has 0 saturated carbocycles. The Morgan fingerprint density at radius 3 is 3.29 bits per heavy atom. The SMILES string of the molecule is OCCC1CCN(Cc2ccno2)C1. The van der Waals surface area contributed by atoms with Gasteiger partial charge in [0.05, 0.1) is 12.7 Å². The van der Waals surface area contributed by atoms with E-state index in [1.807, 2.05) is 6.07 Å². The molecule has 4 nitrogen and oxygen atoms in total. The van der Waals surface area contributed by atoms with Crippen LogP contribution in [0.3, 0.4) is 0 Å². The maximum atomic E-state index is 8.82. The van der Waals surface area contributed by atoms with Gasteiger partial charge in [0.25, 0.3) is 0 Å². The second-order valence-electron chi connectivity index (χ2n) is 3.88. The molecule has 1 fully saturated rings. The molecule has 78 valence electrons. The number of aromatic nitrogens is 1.